The Morgan fingerprint density at radius 3 is 2.78 bits per heavy atom. The summed E-state index contributed by atoms with van der Waals surface area (Å²) in [7, 11) is 0. The largest absolute Gasteiger partial charge is 0.485 e. The van der Waals surface area contributed by atoms with Crippen molar-refractivity contribution in [3.8, 4) is 5.75 Å². The molecule has 36 heavy (non-hydrogen) atoms. The molecule has 0 spiro atoms. The molecule has 1 saturated heterocycles. The fraction of sp³-hybridized carbons (Fsp3) is 0.407. The van der Waals surface area contributed by atoms with E-state index in [0.29, 0.717) is 23.3 Å². The van der Waals surface area contributed by atoms with Crippen LogP contribution in [0.25, 0.3) is 15.9 Å². The fourth-order valence-electron chi connectivity index (χ4n) is 5.13. The van der Waals surface area contributed by atoms with Gasteiger partial charge in [0, 0.05) is 36.5 Å². The summed E-state index contributed by atoms with van der Waals surface area (Å²) in [6.45, 7) is 5.00. The molecule has 2 aromatic carbocycles. The van der Waals surface area contributed by atoms with Crippen molar-refractivity contribution in [3.63, 3.8) is 0 Å². The summed E-state index contributed by atoms with van der Waals surface area (Å²) in [6.07, 6.45) is 1.35. The molecule has 190 valence electrons. The lowest BCUT2D eigenvalue weighted by atomic mass is 9.91. The number of aryl methyl sites for hydroxylation is 1. The van der Waals surface area contributed by atoms with Crippen molar-refractivity contribution >= 4 is 45.1 Å². The van der Waals surface area contributed by atoms with Gasteiger partial charge in [-0.1, -0.05) is 43.1 Å². The van der Waals surface area contributed by atoms with Crippen molar-refractivity contribution in [2.45, 2.75) is 44.9 Å². The van der Waals surface area contributed by atoms with Gasteiger partial charge in [-0.25, -0.2) is 9.18 Å². The number of carboxylic acid groups (broad SMARTS) is 1. The number of nitrogens with zero attached hydrogens (tertiary/aromatic N) is 2. The lowest BCUT2D eigenvalue weighted by Crippen LogP contribution is -2.37. The number of carboxylic acids is 1. The summed E-state index contributed by atoms with van der Waals surface area (Å²) in [6, 6.07) is 11.9. The zero-order chi connectivity index (χ0) is 25.6. The van der Waals surface area contributed by atoms with Crippen LogP contribution in [-0.2, 0) is 11.2 Å². The molecule has 2 aliphatic rings. The van der Waals surface area contributed by atoms with E-state index >= 15 is 0 Å². The third-order valence-corrected chi connectivity index (χ3v) is 7.90. The Balaban J connectivity index is 1.34. The summed E-state index contributed by atoms with van der Waals surface area (Å²) in [4.78, 5) is 13.1. The Morgan fingerprint density at radius 1 is 1.25 bits per heavy atom. The van der Waals surface area contributed by atoms with Crippen molar-refractivity contribution in [3.05, 3.63) is 63.8 Å². The Morgan fingerprint density at radius 2 is 2.06 bits per heavy atom. The Labute approximate surface area is 219 Å². The van der Waals surface area contributed by atoms with Crippen LogP contribution in [0.4, 0.5) is 4.39 Å². The molecule has 2 heterocycles. The molecule has 3 aromatic rings. The quantitative estimate of drug-likeness (QED) is 0.369. The maximum absolute atomic E-state index is 14.5. The van der Waals surface area contributed by atoms with Gasteiger partial charge in [0.15, 0.2) is 0 Å². The number of nitrogens with one attached hydrogen (secondary N) is 1. The predicted octanol–water partition coefficient (Wildman–Crippen LogP) is 6.39. The molecule has 2 atom stereocenters. The molecule has 0 bridgehead atoms. The van der Waals surface area contributed by atoms with E-state index in [4.69, 9.17) is 33.0 Å². The van der Waals surface area contributed by atoms with Crippen LogP contribution in [0, 0.1) is 5.92 Å². The Bertz CT molecular complexity index is 1360. The van der Waals surface area contributed by atoms with Crippen LogP contribution in [0.3, 0.4) is 0 Å². The number of ether oxygens (including phenoxy) is 1. The average Bonchev–Trinajstić information content (AvgIpc) is 3.42. The number of aromatic nitrogens is 2. The second kappa shape index (κ2) is 9.69. The van der Waals surface area contributed by atoms with Gasteiger partial charge in [0.1, 0.15) is 17.0 Å². The normalized spacial score (nSPS) is 21.3. The molecule has 0 saturated carbocycles. The second-order valence-corrected chi connectivity index (χ2v) is 10.8. The van der Waals surface area contributed by atoms with E-state index in [1.165, 1.54) is 0 Å². The van der Waals surface area contributed by atoms with Crippen molar-refractivity contribution in [2.24, 2.45) is 5.92 Å². The summed E-state index contributed by atoms with van der Waals surface area (Å²) in [5.74, 6) is -0.408. The minimum absolute atomic E-state index is 0.00126. The summed E-state index contributed by atoms with van der Waals surface area (Å²) >= 11 is 13.0. The lowest BCUT2D eigenvalue weighted by molar-refractivity contribution is -0.149. The van der Waals surface area contributed by atoms with E-state index in [-0.39, 0.29) is 25.0 Å². The third kappa shape index (κ3) is 4.72. The van der Waals surface area contributed by atoms with E-state index < -0.39 is 11.6 Å². The van der Waals surface area contributed by atoms with Crippen LogP contribution in [0.1, 0.15) is 49.5 Å². The van der Waals surface area contributed by atoms with Crippen LogP contribution in [-0.4, -0.2) is 51.5 Å². The Hall–Kier alpha value is -2.61. The molecule has 1 aliphatic carbocycles. The van der Waals surface area contributed by atoms with Gasteiger partial charge in [-0.2, -0.15) is 5.10 Å². The van der Waals surface area contributed by atoms with Crippen LogP contribution in [0.15, 0.2) is 42.0 Å². The lowest BCUT2D eigenvalue weighted by Gasteiger charge is -2.26. The fourth-order valence-corrected chi connectivity index (χ4v) is 5.67. The van der Waals surface area contributed by atoms with Gasteiger partial charge in [0.2, 0.25) is 5.67 Å². The number of aromatic amines is 1. The number of likely N-dealkylation sites (tertiary alicyclic amines) is 1. The van der Waals surface area contributed by atoms with Gasteiger partial charge >= 0.3 is 5.97 Å². The average molecular weight is 532 g/mol. The maximum atomic E-state index is 14.5. The zero-order valence-corrected chi connectivity index (χ0v) is 21.7. The van der Waals surface area contributed by atoms with Crippen LogP contribution < -0.4 is 4.74 Å². The first-order chi connectivity index (χ1) is 17.1. The van der Waals surface area contributed by atoms with Crippen LogP contribution in [0.5, 0.6) is 5.75 Å². The number of hydrogen-bond acceptors (Lipinski definition) is 4. The third-order valence-electron chi connectivity index (χ3n) is 7.14. The Kier molecular flexibility index (Phi) is 6.74. The molecule has 2 unspecified atom stereocenters. The first kappa shape index (κ1) is 25.1. The molecular formula is C27H28Cl2FN3O3. The van der Waals surface area contributed by atoms with Crippen molar-refractivity contribution in [1.29, 1.82) is 0 Å². The van der Waals surface area contributed by atoms with Crippen LogP contribution in [0.2, 0.25) is 5.15 Å². The minimum Gasteiger partial charge on any atom is -0.485 e. The summed E-state index contributed by atoms with van der Waals surface area (Å²) in [5, 5.41) is 18.2. The van der Waals surface area contributed by atoms with Crippen molar-refractivity contribution in [1.82, 2.24) is 15.1 Å². The molecule has 1 aromatic heterocycles. The number of alkyl halides is 1. The number of aliphatic carboxylic acids is 1. The van der Waals surface area contributed by atoms with E-state index in [1.807, 2.05) is 41.3 Å². The monoisotopic (exact) mass is 531 g/mol. The molecule has 0 radical (unpaired) electrons. The van der Waals surface area contributed by atoms with Gasteiger partial charge in [-0.15, -0.1) is 0 Å². The zero-order valence-electron chi connectivity index (χ0n) is 20.2. The molecule has 0 amide bonds. The standard InChI is InChI=1S/C27H28Cl2FN3O3/c1-15(2)24(17-5-8-22-21(12-17)25(29)32-31-22)36-19-6-7-20-16(11-19)3-4-18(23(20)28)13-33-10-9-27(30,14-33)26(34)35/h5-8,11-12,15,24H,3-4,9-10,13-14H2,1-2H3,(H,31,32)(H,34,35). The number of benzene rings is 2. The molecule has 1 fully saturated rings. The number of fused-ring (bicyclic) bond motifs is 2. The smallest absolute Gasteiger partial charge is 0.342 e. The number of halogens is 3. The number of rotatable bonds is 7. The summed E-state index contributed by atoms with van der Waals surface area (Å²) in [5.41, 5.74) is 2.72. The van der Waals surface area contributed by atoms with E-state index in [0.717, 1.165) is 51.8 Å². The number of H-pyrrole nitrogens is 1. The van der Waals surface area contributed by atoms with E-state index in [9.17, 15) is 9.18 Å². The van der Waals surface area contributed by atoms with Crippen molar-refractivity contribution in [2.75, 3.05) is 19.6 Å². The highest BCUT2D eigenvalue weighted by Crippen LogP contribution is 2.39. The molecule has 9 heteroatoms. The van der Waals surface area contributed by atoms with E-state index in [1.54, 1.807) is 0 Å². The van der Waals surface area contributed by atoms with Gasteiger partial charge in [0.25, 0.3) is 0 Å². The van der Waals surface area contributed by atoms with Gasteiger partial charge in [0.05, 0.1) is 5.52 Å². The number of carbonyl (C=O) groups is 1. The van der Waals surface area contributed by atoms with Gasteiger partial charge in [-0.05, 0) is 71.4 Å². The SMILES string of the molecule is CC(C)C(Oc1ccc2c(c1)CCC(CN1CCC(F)(C(=O)O)C1)=C2Cl)c1ccc2n[nH]c(Cl)c2c1. The first-order valence-electron chi connectivity index (χ1n) is 12.1. The molecule has 6 nitrogen and oxygen atoms in total. The van der Waals surface area contributed by atoms with E-state index in [2.05, 4.69) is 24.0 Å². The number of hydrogen-bond donors (Lipinski definition) is 2. The highest BCUT2D eigenvalue weighted by molar-refractivity contribution is 6.49. The molecule has 5 rings (SSSR count). The molecule has 1 aliphatic heterocycles. The minimum atomic E-state index is -2.17. The van der Waals surface area contributed by atoms with Crippen LogP contribution >= 0.6 is 23.2 Å². The maximum Gasteiger partial charge on any atom is 0.342 e. The van der Waals surface area contributed by atoms with Crippen molar-refractivity contribution < 1.29 is 19.0 Å². The molecular weight excluding hydrogens is 504 g/mol. The predicted molar refractivity (Wildman–Crippen MR) is 139 cm³/mol. The molecule has 2 N–H and O–H groups in total. The summed E-state index contributed by atoms with van der Waals surface area (Å²) < 4.78 is 20.9. The highest BCUT2D eigenvalue weighted by Gasteiger charge is 2.45. The second-order valence-electron chi connectivity index (χ2n) is 10.1. The first-order valence-corrected chi connectivity index (χ1v) is 12.9. The van der Waals surface area contributed by atoms with Gasteiger partial charge < -0.3 is 9.84 Å². The van der Waals surface area contributed by atoms with Gasteiger partial charge in [-0.3, -0.25) is 10.00 Å². The topological polar surface area (TPSA) is 78.4 Å². The highest BCUT2D eigenvalue weighted by atomic mass is 35.5.